The van der Waals surface area contributed by atoms with Gasteiger partial charge in [0.25, 0.3) is 0 Å². The molecule has 2 amide bonds. The van der Waals surface area contributed by atoms with Crippen LogP contribution in [0.15, 0.2) is 34.9 Å². The Labute approximate surface area is 126 Å². The third kappa shape index (κ3) is 4.41. The molecule has 0 aliphatic carbocycles. The normalized spacial score (nSPS) is 10.3. The Morgan fingerprint density at radius 3 is 2.55 bits per heavy atom. The van der Waals surface area contributed by atoms with Gasteiger partial charge in [0, 0.05) is 19.5 Å². The largest absolute Gasteiger partial charge is 0.360 e. The summed E-state index contributed by atoms with van der Waals surface area (Å²) in [6, 6.07) is 7.35. The van der Waals surface area contributed by atoms with Crippen molar-refractivity contribution in [2.75, 3.05) is 11.9 Å². The molecule has 0 bridgehead atoms. The second-order valence-electron chi connectivity index (χ2n) is 4.87. The molecule has 0 unspecified atom stereocenters. The van der Waals surface area contributed by atoms with Gasteiger partial charge in [-0.2, -0.15) is 0 Å². The fourth-order valence-corrected chi connectivity index (χ4v) is 1.87. The van der Waals surface area contributed by atoms with Crippen molar-refractivity contribution < 1.29 is 18.5 Å². The first-order valence-corrected chi connectivity index (χ1v) is 6.67. The Hall–Kier alpha value is -2.70. The van der Waals surface area contributed by atoms with Gasteiger partial charge < -0.3 is 14.7 Å². The molecule has 0 saturated heterocycles. The number of nitrogens with zero attached hydrogens (tertiary/aromatic N) is 2. The standard InChI is InChI=1S/C15H16FN3O3/c1-10-7-14(18-22-10)17-15(21)9-19(11(2)20)8-12-3-5-13(16)6-4-12/h3-7H,8-9H2,1-2H3,(H,17,18,21). The highest BCUT2D eigenvalue weighted by Crippen LogP contribution is 2.09. The molecular weight excluding hydrogens is 289 g/mol. The molecule has 0 saturated carbocycles. The first-order chi connectivity index (χ1) is 10.4. The van der Waals surface area contributed by atoms with Gasteiger partial charge in [-0.3, -0.25) is 9.59 Å². The van der Waals surface area contributed by atoms with Crippen LogP contribution in [0.1, 0.15) is 18.2 Å². The third-order valence-electron chi connectivity index (χ3n) is 2.96. The van der Waals surface area contributed by atoms with Gasteiger partial charge in [-0.25, -0.2) is 4.39 Å². The number of halogens is 1. The van der Waals surface area contributed by atoms with Gasteiger partial charge in [-0.05, 0) is 24.6 Å². The summed E-state index contributed by atoms with van der Waals surface area (Å²) in [7, 11) is 0. The molecule has 2 rings (SSSR count). The van der Waals surface area contributed by atoms with Gasteiger partial charge in [0.2, 0.25) is 11.8 Å². The van der Waals surface area contributed by atoms with E-state index in [1.54, 1.807) is 25.1 Å². The van der Waals surface area contributed by atoms with Crippen molar-refractivity contribution in [2.24, 2.45) is 0 Å². The average Bonchev–Trinajstić information content (AvgIpc) is 2.85. The van der Waals surface area contributed by atoms with E-state index in [0.717, 1.165) is 5.56 Å². The van der Waals surface area contributed by atoms with Crippen LogP contribution in [0, 0.1) is 12.7 Å². The number of carbonyl (C=O) groups is 2. The van der Waals surface area contributed by atoms with Crippen LogP contribution < -0.4 is 5.32 Å². The zero-order valence-electron chi connectivity index (χ0n) is 12.3. The van der Waals surface area contributed by atoms with Crippen LogP contribution in [-0.4, -0.2) is 28.4 Å². The van der Waals surface area contributed by atoms with Gasteiger partial charge in [-0.1, -0.05) is 17.3 Å². The number of anilines is 1. The molecule has 0 atom stereocenters. The van der Waals surface area contributed by atoms with Crippen LogP contribution in [0.25, 0.3) is 0 Å². The van der Waals surface area contributed by atoms with Crippen molar-refractivity contribution in [3.05, 3.63) is 47.5 Å². The smallest absolute Gasteiger partial charge is 0.245 e. The SMILES string of the molecule is CC(=O)N(CC(=O)Nc1cc(C)on1)Cc1ccc(F)cc1. The summed E-state index contributed by atoms with van der Waals surface area (Å²) in [5.41, 5.74) is 0.738. The molecule has 0 fully saturated rings. The average molecular weight is 305 g/mol. The van der Waals surface area contributed by atoms with Crippen LogP contribution >= 0.6 is 0 Å². The minimum atomic E-state index is -0.384. The minimum absolute atomic E-state index is 0.126. The Morgan fingerprint density at radius 1 is 1.32 bits per heavy atom. The Morgan fingerprint density at radius 2 is 2.00 bits per heavy atom. The Balaban J connectivity index is 1.97. The van der Waals surface area contributed by atoms with Gasteiger partial charge in [0.05, 0.1) is 0 Å². The van der Waals surface area contributed by atoms with Gasteiger partial charge in [-0.15, -0.1) is 0 Å². The summed E-state index contributed by atoms with van der Waals surface area (Å²) in [5, 5.41) is 6.19. The fraction of sp³-hybridized carbons (Fsp3) is 0.267. The lowest BCUT2D eigenvalue weighted by Crippen LogP contribution is -2.36. The molecular formula is C15H16FN3O3. The van der Waals surface area contributed by atoms with E-state index in [9.17, 15) is 14.0 Å². The fourth-order valence-electron chi connectivity index (χ4n) is 1.87. The van der Waals surface area contributed by atoms with E-state index in [2.05, 4.69) is 10.5 Å². The van der Waals surface area contributed by atoms with E-state index in [4.69, 9.17) is 4.52 Å². The molecule has 0 spiro atoms. The van der Waals surface area contributed by atoms with Crippen molar-refractivity contribution >= 4 is 17.6 Å². The third-order valence-corrected chi connectivity index (χ3v) is 2.96. The van der Waals surface area contributed by atoms with Gasteiger partial charge in [0.15, 0.2) is 5.82 Å². The first kappa shape index (κ1) is 15.7. The molecule has 22 heavy (non-hydrogen) atoms. The van der Waals surface area contributed by atoms with E-state index >= 15 is 0 Å². The quantitative estimate of drug-likeness (QED) is 0.918. The zero-order valence-corrected chi connectivity index (χ0v) is 12.3. The van der Waals surface area contributed by atoms with Crippen molar-refractivity contribution in [2.45, 2.75) is 20.4 Å². The first-order valence-electron chi connectivity index (χ1n) is 6.67. The topological polar surface area (TPSA) is 75.4 Å². The predicted molar refractivity (Wildman–Crippen MR) is 77.4 cm³/mol. The Bertz CT molecular complexity index is 667. The number of amides is 2. The number of hydrogen-bond acceptors (Lipinski definition) is 4. The van der Waals surface area contributed by atoms with Crippen molar-refractivity contribution in [3.8, 4) is 0 Å². The van der Waals surface area contributed by atoms with Crippen molar-refractivity contribution in [1.82, 2.24) is 10.1 Å². The summed E-state index contributed by atoms with van der Waals surface area (Å²) in [5.74, 6) is -0.114. The van der Waals surface area contributed by atoms with E-state index in [1.165, 1.54) is 24.0 Å². The van der Waals surface area contributed by atoms with Crippen LogP contribution in [0.2, 0.25) is 0 Å². The summed E-state index contributed by atoms with van der Waals surface area (Å²) in [6.45, 7) is 3.18. The van der Waals surface area contributed by atoms with Crippen LogP contribution in [0.4, 0.5) is 10.2 Å². The monoisotopic (exact) mass is 305 g/mol. The Kier molecular flexibility index (Phi) is 4.88. The number of nitrogens with one attached hydrogen (secondary N) is 1. The number of hydrogen-bond donors (Lipinski definition) is 1. The van der Waals surface area contributed by atoms with Crippen molar-refractivity contribution in [1.29, 1.82) is 0 Å². The maximum Gasteiger partial charge on any atom is 0.245 e. The molecule has 1 N–H and O–H groups in total. The van der Waals surface area contributed by atoms with Crippen LogP contribution in [0.3, 0.4) is 0 Å². The molecule has 2 aromatic rings. The number of aromatic nitrogens is 1. The molecule has 116 valence electrons. The highest BCUT2D eigenvalue weighted by molar-refractivity contribution is 5.93. The molecule has 1 aromatic heterocycles. The van der Waals surface area contributed by atoms with Crippen LogP contribution in [-0.2, 0) is 16.1 Å². The lowest BCUT2D eigenvalue weighted by molar-refractivity contribution is -0.133. The molecule has 0 aliphatic heterocycles. The molecule has 1 heterocycles. The summed E-state index contributed by atoms with van der Waals surface area (Å²) < 4.78 is 17.7. The maximum atomic E-state index is 12.9. The minimum Gasteiger partial charge on any atom is -0.360 e. The van der Waals surface area contributed by atoms with E-state index in [-0.39, 0.29) is 30.7 Å². The highest BCUT2D eigenvalue weighted by Gasteiger charge is 2.15. The zero-order chi connectivity index (χ0) is 16.1. The lowest BCUT2D eigenvalue weighted by Gasteiger charge is -2.20. The predicted octanol–water partition coefficient (Wildman–Crippen LogP) is 2.11. The van der Waals surface area contributed by atoms with Gasteiger partial charge in [0.1, 0.15) is 18.1 Å². The second kappa shape index (κ2) is 6.84. The van der Waals surface area contributed by atoms with E-state index < -0.39 is 0 Å². The van der Waals surface area contributed by atoms with Crippen molar-refractivity contribution in [3.63, 3.8) is 0 Å². The van der Waals surface area contributed by atoms with Gasteiger partial charge >= 0.3 is 0 Å². The summed E-state index contributed by atoms with van der Waals surface area (Å²) in [6.07, 6.45) is 0. The number of aryl methyl sites for hydroxylation is 1. The highest BCUT2D eigenvalue weighted by atomic mass is 19.1. The maximum absolute atomic E-state index is 12.9. The molecule has 0 radical (unpaired) electrons. The van der Waals surface area contributed by atoms with E-state index in [0.29, 0.717) is 11.6 Å². The molecule has 0 aliphatic rings. The molecule has 7 heteroatoms. The lowest BCUT2D eigenvalue weighted by atomic mass is 10.2. The molecule has 1 aromatic carbocycles. The number of carbonyl (C=O) groups excluding carboxylic acids is 2. The molecule has 6 nitrogen and oxygen atoms in total. The number of benzene rings is 1. The number of rotatable bonds is 5. The summed E-state index contributed by atoms with van der Waals surface area (Å²) in [4.78, 5) is 24.9. The summed E-state index contributed by atoms with van der Waals surface area (Å²) >= 11 is 0. The van der Waals surface area contributed by atoms with Crippen LogP contribution in [0.5, 0.6) is 0 Å². The second-order valence-corrected chi connectivity index (χ2v) is 4.87. The van der Waals surface area contributed by atoms with E-state index in [1.807, 2.05) is 0 Å².